The predicted octanol–water partition coefficient (Wildman–Crippen LogP) is 2.74. The molecule has 6 heteroatoms. The highest BCUT2D eigenvalue weighted by atomic mass is 16.5. The van der Waals surface area contributed by atoms with Crippen LogP contribution in [0.25, 0.3) is 5.69 Å². The van der Waals surface area contributed by atoms with Crippen LogP contribution in [0, 0.1) is 0 Å². The van der Waals surface area contributed by atoms with Gasteiger partial charge in [0.15, 0.2) is 0 Å². The van der Waals surface area contributed by atoms with E-state index in [4.69, 9.17) is 9.47 Å². The molecule has 1 saturated heterocycles. The number of hydrogen-bond donors (Lipinski definition) is 1. The molecule has 1 N–H and O–H groups in total. The first-order chi connectivity index (χ1) is 12.2. The third kappa shape index (κ3) is 4.02. The highest BCUT2D eigenvalue weighted by molar-refractivity contribution is 5.95. The Morgan fingerprint density at radius 1 is 1.40 bits per heavy atom. The van der Waals surface area contributed by atoms with Crippen molar-refractivity contribution in [1.29, 1.82) is 0 Å². The second-order valence-electron chi connectivity index (χ2n) is 6.21. The van der Waals surface area contributed by atoms with Crippen molar-refractivity contribution in [3.05, 3.63) is 41.7 Å². The van der Waals surface area contributed by atoms with Crippen molar-refractivity contribution in [2.24, 2.45) is 0 Å². The van der Waals surface area contributed by atoms with E-state index >= 15 is 0 Å². The van der Waals surface area contributed by atoms with Gasteiger partial charge in [0.05, 0.1) is 36.4 Å². The molecule has 0 bridgehead atoms. The maximum atomic E-state index is 12.6. The number of benzene rings is 1. The number of amides is 1. The van der Waals surface area contributed by atoms with Gasteiger partial charge in [-0.3, -0.25) is 4.79 Å². The minimum absolute atomic E-state index is 0.0845. The zero-order valence-corrected chi connectivity index (χ0v) is 14.8. The van der Waals surface area contributed by atoms with Gasteiger partial charge in [-0.05, 0) is 43.5 Å². The van der Waals surface area contributed by atoms with Crippen molar-refractivity contribution in [1.82, 2.24) is 15.1 Å². The Morgan fingerprint density at radius 3 is 2.84 bits per heavy atom. The van der Waals surface area contributed by atoms with E-state index in [1.165, 1.54) is 0 Å². The van der Waals surface area contributed by atoms with Gasteiger partial charge in [0.1, 0.15) is 5.75 Å². The number of nitrogens with zero attached hydrogens (tertiary/aromatic N) is 2. The highest BCUT2D eigenvalue weighted by Gasteiger charge is 2.20. The number of carbonyl (C=O) groups is 1. The largest absolute Gasteiger partial charge is 0.497 e. The van der Waals surface area contributed by atoms with Gasteiger partial charge in [0.25, 0.3) is 5.91 Å². The summed E-state index contributed by atoms with van der Waals surface area (Å²) in [5.74, 6) is 0.709. The smallest absolute Gasteiger partial charge is 0.254 e. The average Bonchev–Trinajstić information content (AvgIpc) is 3.30. The van der Waals surface area contributed by atoms with Gasteiger partial charge in [0, 0.05) is 13.2 Å². The number of methoxy groups -OCH3 is 1. The van der Waals surface area contributed by atoms with E-state index in [1.807, 2.05) is 28.9 Å². The fraction of sp³-hybridized carbons (Fsp3) is 0.474. The molecule has 1 atom stereocenters. The molecule has 2 aromatic rings. The van der Waals surface area contributed by atoms with E-state index < -0.39 is 0 Å². The standard InChI is InChI=1S/C19H25N3O3/c1-3-5-18-17(19(23)20-12-16-6-4-11-25-16)13-21-22(18)14-7-9-15(24-2)10-8-14/h7-10,13,16H,3-6,11-12H2,1-2H3,(H,20,23)/t16-/m1/s1. The fourth-order valence-electron chi connectivity index (χ4n) is 3.09. The topological polar surface area (TPSA) is 65.4 Å². The second-order valence-corrected chi connectivity index (χ2v) is 6.21. The SMILES string of the molecule is CCCc1c(C(=O)NC[C@H]2CCCO2)cnn1-c1ccc(OC)cc1. The number of hydrogen-bond acceptors (Lipinski definition) is 4. The molecule has 0 spiro atoms. The van der Waals surface area contributed by atoms with Gasteiger partial charge >= 0.3 is 0 Å². The molecule has 25 heavy (non-hydrogen) atoms. The Hall–Kier alpha value is -2.34. The van der Waals surface area contributed by atoms with E-state index in [2.05, 4.69) is 17.3 Å². The number of ether oxygens (including phenoxy) is 2. The molecule has 1 fully saturated rings. The van der Waals surface area contributed by atoms with Crippen molar-refractivity contribution in [2.75, 3.05) is 20.3 Å². The Morgan fingerprint density at radius 2 is 2.20 bits per heavy atom. The molecule has 1 aromatic carbocycles. The molecule has 134 valence electrons. The molecule has 0 radical (unpaired) electrons. The highest BCUT2D eigenvalue weighted by Crippen LogP contribution is 2.20. The maximum Gasteiger partial charge on any atom is 0.254 e. The van der Waals surface area contributed by atoms with Crippen LogP contribution in [0.5, 0.6) is 5.75 Å². The summed E-state index contributed by atoms with van der Waals surface area (Å²) in [5.41, 5.74) is 2.48. The van der Waals surface area contributed by atoms with Gasteiger partial charge in [0.2, 0.25) is 0 Å². The molecule has 0 aliphatic carbocycles. The van der Waals surface area contributed by atoms with Crippen molar-refractivity contribution < 1.29 is 14.3 Å². The van der Waals surface area contributed by atoms with Crippen molar-refractivity contribution in [3.8, 4) is 11.4 Å². The van der Waals surface area contributed by atoms with Crippen LogP contribution in [-0.2, 0) is 11.2 Å². The molecule has 0 unspecified atom stereocenters. The first kappa shape index (κ1) is 17.5. The predicted molar refractivity (Wildman–Crippen MR) is 95.4 cm³/mol. The minimum atomic E-state index is -0.0845. The summed E-state index contributed by atoms with van der Waals surface area (Å²) in [4.78, 5) is 12.6. The van der Waals surface area contributed by atoms with Crippen molar-refractivity contribution in [2.45, 2.75) is 38.7 Å². The van der Waals surface area contributed by atoms with E-state index in [0.717, 1.165) is 49.4 Å². The molecule has 3 rings (SSSR count). The zero-order chi connectivity index (χ0) is 17.6. The monoisotopic (exact) mass is 343 g/mol. The normalized spacial score (nSPS) is 16.8. The number of rotatable bonds is 7. The fourth-order valence-corrected chi connectivity index (χ4v) is 3.09. The first-order valence-electron chi connectivity index (χ1n) is 8.84. The van der Waals surface area contributed by atoms with Crippen LogP contribution in [-0.4, -0.2) is 42.1 Å². The molecule has 1 aromatic heterocycles. The van der Waals surface area contributed by atoms with Crippen LogP contribution in [0.1, 0.15) is 42.2 Å². The lowest BCUT2D eigenvalue weighted by Gasteiger charge is -2.12. The van der Waals surface area contributed by atoms with Crippen LogP contribution in [0.15, 0.2) is 30.5 Å². The molecule has 2 heterocycles. The van der Waals surface area contributed by atoms with Crippen LogP contribution in [0.2, 0.25) is 0 Å². The van der Waals surface area contributed by atoms with E-state index in [-0.39, 0.29) is 12.0 Å². The third-order valence-electron chi connectivity index (χ3n) is 4.43. The summed E-state index contributed by atoms with van der Waals surface area (Å²) in [6.07, 6.45) is 5.59. The summed E-state index contributed by atoms with van der Waals surface area (Å²) < 4.78 is 12.6. The van der Waals surface area contributed by atoms with Crippen LogP contribution >= 0.6 is 0 Å². The van der Waals surface area contributed by atoms with Gasteiger partial charge < -0.3 is 14.8 Å². The summed E-state index contributed by atoms with van der Waals surface area (Å²) >= 11 is 0. The van der Waals surface area contributed by atoms with Crippen molar-refractivity contribution >= 4 is 5.91 Å². The van der Waals surface area contributed by atoms with E-state index in [0.29, 0.717) is 12.1 Å². The second kappa shape index (κ2) is 8.16. The molecule has 6 nitrogen and oxygen atoms in total. The Kier molecular flexibility index (Phi) is 5.71. The Labute approximate surface area is 148 Å². The van der Waals surface area contributed by atoms with Crippen LogP contribution in [0.3, 0.4) is 0 Å². The third-order valence-corrected chi connectivity index (χ3v) is 4.43. The molecule has 1 aliphatic heterocycles. The number of nitrogens with one attached hydrogen (secondary N) is 1. The molecular weight excluding hydrogens is 318 g/mol. The molecule has 1 aliphatic rings. The Balaban J connectivity index is 1.79. The van der Waals surface area contributed by atoms with Gasteiger partial charge in [-0.2, -0.15) is 5.10 Å². The first-order valence-corrected chi connectivity index (χ1v) is 8.84. The summed E-state index contributed by atoms with van der Waals surface area (Å²) in [6, 6.07) is 7.67. The quantitative estimate of drug-likeness (QED) is 0.839. The van der Waals surface area contributed by atoms with E-state index in [1.54, 1.807) is 13.3 Å². The lowest BCUT2D eigenvalue weighted by Crippen LogP contribution is -2.32. The van der Waals surface area contributed by atoms with E-state index in [9.17, 15) is 4.79 Å². The molecule has 0 saturated carbocycles. The Bertz CT molecular complexity index is 703. The van der Waals surface area contributed by atoms with Crippen molar-refractivity contribution in [3.63, 3.8) is 0 Å². The van der Waals surface area contributed by atoms with Gasteiger partial charge in [-0.25, -0.2) is 4.68 Å². The zero-order valence-electron chi connectivity index (χ0n) is 14.8. The summed E-state index contributed by atoms with van der Waals surface area (Å²) in [6.45, 7) is 3.44. The average molecular weight is 343 g/mol. The minimum Gasteiger partial charge on any atom is -0.497 e. The lowest BCUT2D eigenvalue weighted by molar-refractivity contribution is 0.0857. The molecule has 1 amide bonds. The maximum absolute atomic E-state index is 12.6. The molecular formula is C19H25N3O3. The summed E-state index contributed by atoms with van der Waals surface area (Å²) in [5, 5.41) is 7.43. The van der Waals surface area contributed by atoms with Gasteiger partial charge in [-0.15, -0.1) is 0 Å². The summed E-state index contributed by atoms with van der Waals surface area (Å²) in [7, 11) is 1.64. The number of carbonyl (C=O) groups excluding carboxylic acids is 1. The van der Waals surface area contributed by atoms with Crippen LogP contribution < -0.4 is 10.1 Å². The van der Waals surface area contributed by atoms with Crippen LogP contribution in [0.4, 0.5) is 0 Å². The lowest BCUT2D eigenvalue weighted by atomic mass is 10.1. The number of aromatic nitrogens is 2. The van der Waals surface area contributed by atoms with Gasteiger partial charge in [-0.1, -0.05) is 13.3 Å².